The van der Waals surface area contributed by atoms with Crippen LogP contribution in [0.25, 0.3) is 11.1 Å². The molecule has 0 aliphatic heterocycles. The van der Waals surface area contributed by atoms with Crippen molar-refractivity contribution in [1.82, 2.24) is 0 Å². The minimum Gasteiger partial charge on any atom is -0.497 e. The maximum atomic E-state index is 14.8. The lowest BCUT2D eigenvalue weighted by molar-refractivity contribution is -0.137. The Bertz CT molecular complexity index is 1400. The average molecular weight is 541 g/mol. The molecule has 38 heavy (non-hydrogen) atoms. The summed E-state index contributed by atoms with van der Waals surface area (Å²) in [5.74, 6) is 0.0814. The Morgan fingerprint density at radius 2 is 1.84 bits per heavy atom. The number of aliphatic carboxylic acids is 1. The van der Waals surface area contributed by atoms with Gasteiger partial charge in [0.2, 0.25) is 0 Å². The molecule has 0 amide bonds. The van der Waals surface area contributed by atoms with Gasteiger partial charge in [0.25, 0.3) is 0 Å². The standard InChI is InChI=1S/C30H33FO6S/c1-3-13-38(34,35)29-15-21(9-11-26(29)27-18-24(36-2)10-12-28(27)31)19-37-25-6-4-5-22(16-25)23(17-30(32)33)14-20-7-8-20/h4-6,9-12,15-16,18,20,23H,3,7-8,13-14,17,19H2,1-2H3,(H,32,33)/t23-/m1/s1. The minimum atomic E-state index is -3.68. The molecule has 1 atom stereocenters. The first kappa shape index (κ1) is 27.6. The van der Waals surface area contributed by atoms with Gasteiger partial charge in [-0.3, -0.25) is 4.79 Å². The number of rotatable bonds is 13. The van der Waals surface area contributed by atoms with Crippen LogP contribution < -0.4 is 9.47 Å². The summed E-state index contributed by atoms with van der Waals surface area (Å²) in [5.41, 5.74) is 1.97. The van der Waals surface area contributed by atoms with Crippen LogP contribution in [0.2, 0.25) is 0 Å². The topological polar surface area (TPSA) is 89.9 Å². The van der Waals surface area contributed by atoms with E-state index in [0.717, 1.165) is 24.8 Å². The zero-order valence-electron chi connectivity index (χ0n) is 21.7. The number of methoxy groups -OCH3 is 1. The molecule has 1 aliphatic carbocycles. The van der Waals surface area contributed by atoms with E-state index in [1.807, 2.05) is 18.2 Å². The SMILES string of the molecule is CCCS(=O)(=O)c1cc(COc2cccc([C@@H](CC(=O)O)CC3CC3)c2)ccc1-c1cc(OC)ccc1F. The van der Waals surface area contributed by atoms with Crippen LogP contribution in [0.3, 0.4) is 0 Å². The van der Waals surface area contributed by atoms with E-state index in [1.165, 1.54) is 25.3 Å². The summed E-state index contributed by atoms with van der Waals surface area (Å²) in [4.78, 5) is 11.5. The Kier molecular flexibility index (Phi) is 8.72. The second kappa shape index (κ2) is 12.0. The van der Waals surface area contributed by atoms with Gasteiger partial charge in [0.05, 0.1) is 24.2 Å². The van der Waals surface area contributed by atoms with Gasteiger partial charge < -0.3 is 14.6 Å². The van der Waals surface area contributed by atoms with Crippen molar-refractivity contribution in [3.05, 3.63) is 77.6 Å². The minimum absolute atomic E-state index is 0.0484. The van der Waals surface area contributed by atoms with Gasteiger partial charge in [-0.25, -0.2) is 12.8 Å². The first-order valence-corrected chi connectivity index (χ1v) is 14.5. The van der Waals surface area contributed by atoms with E-state index in [-0.39, 0.29) is 40.7 Å². The summed E-state index contributed by atoms with van der Waals surface area (Å²) < 4.78 is 52.3. The molecule has 1 saturated carbocycles. The molecule has 0 radical (unpaired) electrons. The number of carbonyl (C=O) groups is 1. The van der Waals surface area contributed by atoms with E-state index >= 15 is 0 Å². The molecule has 0 heterocycles. The number of sulfone groups is 1. The molecule has 202 valence electrons. The average Bonchev–Trinajstić information content (AvgIpc) is 3.71. The molecule has 0 bridgehead atoms. The molecule has 0 saturated heterocycles. The number of carboxylic acid groups (broad SMARTS) is 1. The first-order valence-electron chi connectivity index (χ1n) is 12.8. The van der Waals surface area contributed by atoms with Crippen molar-refractivity contribution in [2.75, 3.05) is 12.9 Å². The summed E-state index contributed by atoms with van der Waals surface area (Å²) in [6.45, 7) is 1.88. The van der Waals surface area contributed by atoms with Crippen LogP contribution in [-0.4, -0.2) is 32.4 Å². The van der Waals surface area contributed by atoms with Crippen LogP contribution in [-0.2, 0) is 21.2 Å². The lowest BCUT2D eigenvalue weighted by Gasteiger charge is -2.17. The zero-order chi connectivity index (χ0) is 27.3. The van der Waals surface area contributed by atoms with Crippen LogP contribution in [0.1, 0.15) is 56.1 Å². The van der Waals surface area contributed by atoms with Crippen LogP contribution >= 0.6 is 0 Å². The van der Waals surface area contributed by atoms with Gasteiger partial charge in [-0.15, -0.1) is 0 Å². The molecule has 4 rings (SSSR count). The fraction of sp³-hybridized carbons (Fsp3) is 0.367. The Labute approximate surface area is 223 Å². The third-order valence-corrected chi connectivity index (χ3v) is 8.74. The quantitative estimate of drug-likeness (QED) is 0.262. The van der Waals surface area contributed by atoms with Gasteiger partial charge in [-0.1, -0.05) is 44.0 Å². The predicted molar refractivity (Wildman–Crippen MR) is 144 cm³/mol. The molecule has 3 aromatic carbocycles. The highest BCUT2D eigenvalue weighted by molar-refractivity contribution is 7.91. The fourth-order valence-electron chi connectivity index (χ4n) is 4.68. The van der Waals surface area contributed by atoms with Gasteiger partial charge in [-0.2, -0.15) is 0 Å². The summed E-state index contributed by atoms with van der Waals surface area (Å²) in [6, 6.07) is 16.6. The number of carboxylic acids is 1. The molecule has 1 N–H and O–H groups in total. The predicted octanol–water partition coefficient (Wildman–Crippen LogP) is 6.62. The molecule has 0 aromatic heterocycles. The first-order chi connectivity index (χ1) is 18.2. The number of hydrogen-bond donors (Lipinski definition) is 1. The monoisotopic (exact) mass is 540 g/mol. The fourth-order valence-corrected chi connectivity index (χ4v) is 6.28. The molecule has 3 aromatic rings. The highest BCUT2D eigenvalue weighted by Crippen LogP contribution is 2.40. The lowest BCUT2D eigenvalue weighted by Crippen LogP contribution is -2.09. The van der Waals surface area contributed by atoms with E-state index in [2.05, 4.69) is 0 Å². The maximum Gasteiger partial charge on any atom is 0.303 e. The van der Waals surface area contributed by atoms with Gasteiger partial charge in [0.1, 0.15) is 23.9 Å². The normalized spacial score (nSPS) is 14.2. The largest absolute Gasteiger partial charge is 0.497 e. The van der Waals surface area contributed by atoms with E-state index in [4.69, 9.17) is 9.47 Å². The van der Waals surface area contributed by atoms with Crippen molar-refractivity contribution in [2.45, 2.75) is 56.4 Å². The second-order valence-corrected chi connectivity index (χ2v) is 11.9. The summed E-state index contributed by atoms with van der Waals surface area (Å²) in [7, 11) is -2.22. The molecular formula is C30H33FO6S. The van der Waals surface area contributed by atoms with Crippen molar-refractivity contribution < 1.29 is 32.2 Å². The van der Waals surface area contributed by atoms with Gasteiger partial charge in [0.15, 0.2) is 9.84 Å². The summed E-state index contributed by atoms with van der Waals surface area (Å²) in [5, 5.41) is 9.37. The Morgan fingerprint density at radius 1 is 1.05 bits per heavy atom. The van der Waals surface area contributed by atoms with E-state index in [0.29, 0.717) is 29.4 Å². The van der Waals surface area contributed by atoms with Gasteiger partial charge >= 0.3 is 5.97 Å². The number of halogens is 1. The molecule has 1 aliphatic rings. The third-order valence-electron chi connectivity index (χ3n) is 6.79. The van der Waals surface area contributed by atoms with E-state index < -0.39 is 21.6 Å². The number of hydrogen-bond acceptors (Lipinski definition) is 5. The molecule has 0 unspecified atom stereocenters. The lowest BCUT2D eigenvalue weighted by atomic mass is 9.90. The summed E-state index contributed by atoms with van der Waals surface area (Å²) in [6.07, 6.45) is 3.63. The maximum absolute atomic E-state index is 14.8. The van der Waals surface area contributed by atoms with Gasteiger partial charge in [0, 0.05) is 11.1 Å². The van der Waals surface area contributed by atoms with E-state index in [1.54, 1.807) is 31.2 Å². The molecule has 6 nitrogen and oxygen atoms in total. The van der Waals surface area contributed by atoms with Crippen LogP contribution in [0, 0.1) is 11.7 Å². The number of benzene rings is 3. The molecule has 0 spiro atoms. The molecular weight excluding hydrogens is 507 g/mol. The molecule has 1 fully saturated rings. The van der Waals surface area contributed by atoms with E-state index in [9.17, 15) is 22.7 Å². The van der Waals surface area contributed by atoms with Crippen molar-refractivity contribution >= 4 is 15.8 Å². The second-order valence-electron chi connectivity index (χ2n) is 9.83. The molecule has 8 heteroatoms. The van der Waals surface area contributed by atoms with Crippen molar-refractivity contribution in [3.8, 4) is 22.6 Å². The highest BCUT2D eigenvalue weighted by Gasteiger charge is 2.28. The van der Waals surface area contributed by atoms with Gasteiger partial charge in [-0.05, 0) is 72.2 Å². The van der Waals surface area contributed by atoms with Crippen molar-refractivity contribution in [3.63, 3.8) is 0 Å². The van der Waals surface area contributed by atoms with Crippen LogP contribution in [0.5, 0.6) is 11.5 Å². The van der Waals surface area contributed by atoms with Crippen molar-refractivity contribution in [2.24, 2.45) is 5.92 Å². The Balaban J connectivity index is 1.61. The van der Waals surface area contributed by atoms with Crippen LogP contribution in [0.15, 0.2) is 65.6 Å². The highest BCUT2D eigenvalue weighted by atomic mass is 32.2. The zero-order valence-corrected chi connectivity index (χ0v) is 22.5. The Morgan fingerprint density at radius 3 is 2.53 bits per heavy atom. The Hall–Kier alpha value is -3.39. The summed E-state index contributed by atoms with van der Waals surface area (Å²) >= 11 is 0. The van der Waals surface area contributed by atoms with Crippen molar-refractivity contribution in [1.29, 1.82) is 0 Å². The van der Waals surface area contributed by atoms with Crippen LogP contribution in [0.4, 0.5) is 4.39 Å². The smallest absolute Gasteiger partial charge is 0.303 e. The number of ether oxygens (including phenoxy) is 2. The third kappa shape index (κ3) is 6.92.